The van der Waals surface area contributed by atoms with E-state index in [1.54, 1.807) is 17.4 Å². The Bertz CT molecular complexity index is 870. The predicted molar refractivity (Wildman–Crippen MR) is 80.6 cm³/mol. The molecule has 0 radical (unpaired) electrons. The van der Waals surface area contributed by atoms with Crippen molar-refractivity contribution in [2.24, 2.45) is 0 Å². The van der Waals surface area contributed by atoms with E-state index in [-0.39, 0.29) is 11.1 Å². The van der Waals surface area contributed by atoms with Crippen molar-refractivity contribution in [2.75, 3.05) is 0 Å². The fourth-order valence-corrected chi connectivity index (χ4v) is 3.56. The monoisotopic (exact) mass is 302 g/mol. The molecule has 5 heteroatoms. The van der Waals surface area contributed by atoms with Crippen molar-refractivity contribution < 1.29 is 4.39 Å². The van der Waals surface area contributed by atoms with Crippen LogP contribution in [0, 0.1) is 5.82 Å². The molecular weight excluding hydrogens is 295 g/mol. The maximum Gasteiger partial charge on any atom is 0.223 e. The summed E-state index contributed by atoms with van der Waals surface area (Å²) in [6.45, 7) is 0. The van der Waals surface area contributed by atoms with Crippen LogP contribution in [0.5, 0.6) is 0 Å². The molecular formula is C15H8ClFN2S. The molecule has 20 heavy (non-hydrogen) atoms. The normalized spacial score (nSPS) is 13.1. The predicted octanol–water partition coefficient (Wildman–Crippen LogP) is 4.72. The molecule has 2 aromatic heterocycles. The fraction of sp³-hybridized carbons (Fsp3) is 0.0667. The molecule has 0 saturated carbocycles. The van der Waals surface area contributed by atoms with Gasteiger partial charge < -0.3 is 0 Å². The lowest BCUT2D eigenvalue weighted by Gasteiger charge is -2.09. The SMILES string of the molecule is Fc1ccc(-c2nc(Cl)nc3ccsc23)c2c1CC=C2. The minimum Gasteiger partial charge on any atom is -0.217 e. The first kappa shape index (κ1) is 12.0. The third-order valence-electron chi connectivity index (χ3n) is 3.44. The van der Waals surface area contributed by atoms with Crippen molar-refractivity contribution >= 4 is 39.2 Å². The number of aromatic nitrogens is 2. The molecule has 1 aliphatic rings. The highest BCUT2D eigenvalue weighted by Crippen LogP contribution is 2.37. The first-order valence-corrected chi connectivity index (χ1v) is 7.39. The molecule has 2 heterocycles. The molecule has 98 valence electrons. The summed E-state index contributed by atoms with van der Waals surface area (Å²) in [5, 5.41) is 2.17. The van der Waals surface area contributed by atoms with Gasteiger partial charge in [-0.2, -0.15) is 0 Å². The van der Waals surface area contributed by atoms with Crippen LogP contribution in [0.25, 0.3) is 27.6 Å². The van der Waals surface area contributed by atoms with Gasteiger partial charge in [-0.3, -0.25) is 0 Å². The van der Waals surface area contributed by atoms with Crippen LogP contribution in [-0.2, 0) is 6.42 Å². The summed E-state index contributed by atoms with van der Waals surface area (Å²) in [7, 11) is 0. The van der Waals surface area contributed by atoms with Crippen LogP contribution in [0.3, 0.4) is 0 Å². The number of hydrogen-bond donors (Lipinski definition) is 0. The standard InChI is InChI=1S/C15H8ClFN2S/c16-15-18-12-6-7-20-14(12)13(19-15)10-4-5-11(17)9-3-1-2-8(9)10/h1-2,4-7H,3H2. The second-order valence-electron chi connectivity index (χ2n) is 4.57. The minimum atomic E-state index is -0.170. The molecule has 0 atom stereocenters. The van der Waals surface area contributed by atoms with Gasteiger partial charge in [0.15, 0.2) is 0 Å². The number of hydrogen-bond acceptors (Lipinski definition) is 3. The number of thiophene rings is 1. The molecule has 0 unspecified atom stereocenters. The van der Waals surface area contributed by atoms with Crippen molar-refractivity contribution in [1.82, 2.24) is 9.97 Å². The van der Waals surface area contributed by atoms with E-state index in [0.29, 0.717) is 6.42 Å². The van der Waals surface area contributed by atoms with Crippen LogP contribution >= 0.6 is 22.9 Å². The van der Waals surface area contributed by atoms with Crippen LogP contribution in [0.4, 0.5) is 4.39 Å². The summed E-state index contributed by atoms with van der Waals surface area (Å²) in [6, 6.07) is 5.18. The van der Waals surface area contributed by atoms with Crippen LogP contribution in [0.2, 0.25) is 5.28 Å². The van der Waals surface area contributed by atoms with E-state index in [1.807, 2.05) is 23.6 Å². The van der Waals surface area contributed by atoms with Crippen LogP contribution in [0.15, 0.2) is 29.7 Å². The van der Waals surface area contributed by atoms with Gasteiger partial charge in [-0.1, -0.05) is 12.2 Å². The zero-order valence-electron chi connectivity index (χ0n) is 10.2. The zero-order chi connectivity index (χ0) is 13.7. The van der Waals surface area contributed by atoms with E-state index in [9.17, 15) is 4.39 Å². The lowest BCUT2D eigenvalue weighted by Crippen LogP contribution is -1.95. The Morgan fingerprint density at radius 2 is 2.10 bits per heavy atom. The van der Waals surface area contributed by atoms with E-state index in [0.717, 1.165) is 32.6 Å². The molecule has 0 saturated heterocycles. The van der Waals surface area contributed by atoms with Crippen molar-refractivity contribution in [3.8, 4) is 11.3 Å². The Balaban J connectivity index is 2.08. The summed E-state index contributed by atoms with van der Waals surface area (Å²) in [6.07, 6.45) is 4.54. The van der Waals surface area contributed by atoms with Gasteiger partial charge in [0.2, 0.25) is 5.28 Å². The third kappa shape index (κ3) is 1.69. The smallest absolute Gasteiger partial charge is 0.217 e. The van der Waals surface area contributed by atoms with E-state index in [1.165, 1.54) is 6.07 Å². The largest absolute Gasteiger partial charge is 0.223 e. The van der Waals surface area contributed by atoms with E-state index >= 15 is 0 Å². The van der Waals surface area contributed by atoms with Crippen molar-refractivity contribution in [2.45, 2.75) is 6.42 Å². The van der Waals surface area contributed by atoms with Gasteiger partial charge in [0.1, 0.15) is 5.82 Å². The zero-order valence-corrected chi connectivity index (χ0v) is 11.8. The summed E-state index contributed by atoms with van der Waals surface area (Å²) >= 11 is 7.57. The van der Waals surface area contributed by atoms with Gasteiger partial charge in [0, 0.05) is 5.56 Å². The molecule has 1 aliphatic carbocycles. The molecule has 3 aromatic rings. The number of halogens is 2. The van der Waals surface area contributed by atoms with E-state index in [4.69, 9.17) is 11.6 Å². The first-order valence-electron chi connectivity index (χ1n) is 6.13. The second kappa shape index (κ2) is 4.36. The highest BCUT2D eigenvalue weighted by molar-refractivity contribution is 7.17. The molecule has 0 bridgehead atoms. The van der Waals surface area contributed by atoms with Crippen LogP contribution in [-0.4, -0.2) is 9.97 Å². The lowest BCUT2D eigenvalue weighted by molar-refractivity contribution is 0.615. The van der Waals surface area contributed by atoms with Crippen molar-refractivity contribution in [1.29, 1.82) is 0 Å². The van der Waals surface area contributed by atoms with Gasteiger partial charge in [-0.25, -0.2) is 14.4 Å². The summed E-state index contributed by atoms with van der Waals surface area (Å²) in [4.78, 5) is 8.56. The van der Waals surface area contributed by atoms with Gasteiger partial charge in [0.25, 0.3) is 0 Å². The summed E-state index contributed by atoms with van der Waals surface area (Å²) in [5.41, 5.74) is 4.13. The maximum absolute atomic E-state index is 13.8. The molecule has 0 aliphatic heterocycles. The number of allylic oxidation sites excluding steroid dienone is 1. The van der Waals surface area contributed by atoms with Gasteiger partial charge in [0.05, 0.1) is 15.9 Å². The highest BCUT2D eigenvalue weighted by atomic mass is 35.5. The van der Waals surface area contributed by atoms with Gasteiger partial charge in [-0.05, 0) is 52.7 Å². The maximum atomic E-state index is 13.8. The van der Waals surface area contributed by atoms with Gasteiger partial charge in [-0.15, -0.1) is 11.3 Å². The van der Waals surface area contributed by atoms with Crippen molar-refractivity contribution in [3.63, 3.8) is 0 Å². The summed E-state index contributed by atoms with van der Waals surface area (Å²) < 4.78 is 14.8. The topological polar surface area (TPSA) is 25.8 Å². The highest BCUT2D eigenvalue weighted by Gasteiger charge is 2.19. The fourth-order valence-electron chi connectivity index (χ4n) is 2.55. The number of fused-ring (bicyclic) bond motifs is 2. The average Bonchev–Trinajstić information content (AvgIpc) is 3.06. The first-order chi connectivity index (χ1) is 9.74. The number of nitrogens with zero attached hydrogens (tertiary/aromatic N) is 2. The van der Waals surface area contributed by atoms with Crippen LogP contribution < -0.4 is 0 Å². The Morgan fingerprint density at radius 1 is 1.20 bits per heavy atom. The summed E-state index contributed by atoms with van der Waals surface area (Å²) in [5.74, 6) is -0.170. The number of rotatable bonds is 1. The Hall–Kier alpha value is -1.78. The Labute approximate surface area is 123 Å². The Morgan fingerprint density at radius 3 is 3.00 bits per heavy atom. The molecule has 2 nitrogen and oxygen atoms in total. The van der Waals surface area contributed by atoms with Crippen LogP contribution in [0.1, 0.15) is 11.1 Å². The van der Waals surface area contributed by atoms with E-state index < -0.39 is 0 Å². The number of benzene rings is 1. The Kier molecular flexibility index (Phi) is 2.62. The lowest BCUT2D eigenvalue weighted by atomic mass is 10.00. The molecule has 4 rings (SSSR count). The van der Waals surface area contributed by atoms with E-state index in [2.05, 4.69) is 9.97 Å². The quantitative estimate of drug-likeness (QED) is 0.608. The minimum absolute atomic E-state index is 0.170. The molecule has 0 amide bonds. The third-order valence-corrected chi connectivity index (χ3v) is 4.52. The molecule has 0 spiro atoms. The van der Waals surface area contributed by atoms with Crippen molar-refractivity contribution in [3.05, 3.63) is 51.9 Å². The molecule has 0 fully saturated rings. The molecule has 0 N–H and O–H groups in total. The molecule has 1 aromatic carbocycles. The second-order valence-corrected chi connectivity index (χ2v) is 5.82. The average molecular weight is 303 g/mol. The van der Waals surface area contributed by atoms with Gasteiger partial charge >= 0.3 is 0 Å².